The number of alkyl halides is 2. The number of likely N-dealkylation sites (tertiary alicyclic amines) is 1. The summed E-state index contributed by atoms with van der Waals surface area (Å²) in [6.07, 6.45) is 3.71. The molecule has 1 aliphatic rings. The van der Waals surface area contributed by atoms with Crippen molar-refractivity contribution in [3.8, 4) is 5.75 Å². The lowest BCUT2D eigenvalue weighted by molar-refractivity contribution is -0.0500. The predicted molar refractivity (Wildman–Crippen MR) is 78.4 cm³/mol. The highest BCUT2D eigenvalue weighted by Crippen LogP contribution is 2.26. The first-order chi connectivity index (χ1) is 11.1. The third kappa shape index (κ3) is 3.61. The maximum atomic E-state index is 12.4. The fourth-order valence-corrected chi connectivity index (χ4v) is 2.64. The zero-order valence-electron chi connectivity index (χ0n) is 12.2. The van der Waals surface area contributed by atoms with E-state index in [0.29, 0.717) is 13.1 Å². The van der Waals surface area contributed by atoms with E-state index in [1.54, 1.807) is 11.1 Å². The molecule has 1 atom stereocenters. The molecule has 0 saturated carbocycles. The molecular weight excluding hydrogens is 304 g/mol. The fourth-order valence-electron chi connectivity index (χ4n) is 2.64. The topological polar surface area (TPSA) is 55.3 Å². The Morgan fingerprint density at radius 2 is 2.13 bits per heavy atom. The molecule has 0 N–H and O–H groups in total. The highest BCUT2D eigenvalue weighted by Gasteiger charge is 2.29. The highest BCUT2D eigenvalue weighted by molar-refractivity contribution is 5.92. The molecule has 7 heteroatoms. The Labute approximate surface area is 131 Å². The van der Waals surface area contributed by atoms with E-state index in [4.69, 9.17) is 0 Å². The Hall–Kier alpha value is -2.57. The van der Waals surface area contributed by atoms with Gasteiger partial charge in [0.25, 0.3) is 5.91 Å². The van der Waals surface area contributed by atoms with Gasteiger partial charge in [0.05, 0.1) is 6.20 Å². The van der Waals surface area contributed by atoms with E-state index < -0.39 is 6.61 Å². The van der Waals surface area contributed by atoms with E-state index in [1.807, 2.05) is 18.2 Å². The molecule has 1 unspecified atom stereocenters. The van der Waals surface area contributed by atoms with Crippen molar-refractivity contribution in [3.05, 3.63) is 54.1 Å². The van der Waals surface area contributed by atoms with Crippen molar-refractivity contribution in [2.24, 2.45) is 0 Å². The monoisotopic (exact) mass is 319 g/mol. The Kier molecular flexibility index (Phi) is 4.45. The van der Waals surface area contributed by atoms with Crippen LogP contribution < -0.4 is 4.74 Å². The summed E-state index contributed by atoms with van der Waals surface area (Å²) in [4.78, 5) is 22.3. The van der Waals surface area contributed by atoms with E-state index in [0.717, 1.165) is 18.3 Å². The van der Waals surface area contributed by atoms with Crippen molar-refractivity contribution >= 4 is 5.91 Å². The number of aromatic nitrogens is 2. The molecule has 1 amide bonds. The molecule has 120 valence electrons. The second-order valence-electron chi connectivity index (χ2n) is 5.25. The molecule has 3 rings (SSSR count). The fraction of sp³-hybridized carbons (Fsp3) is 0.312. The van der Waals surface area contributed by atoms with Crippen LogP contribution in [-0.2, 0) is 0 Å². The molecule has 0 radical (unpaired) electrons. The summed E-state index contributed by atoms with van der Waals surface area (Å²) in [5.74, 6) is -0.0713. The number of hydrogen-bond donors (Lipinski definition) is 0. The van der Waals surface area contributed by atoms with E-state index in [1.165, 1.54) is 12.1 Å². The zero-order chi connectivity index (χ0) is 16.2. The molecule has 2 aromatic heterocycles. The largest absolute Gasteiger partial charge is 0.433 e. The molecule has 5 nitrogen and oxygen atoms in total. The number of amides is 1. The van der Waals surface area contributed by atoms with Crippen molar-refractivity contribution < 1.29 is 18.3 Å². The summed E-state index contributed by atoms with van der Waals surface area (Å²) in [6.45, 7) is -1.71. The van der Waals surface area contributed by atoms with Crippen LogP contribution in [0.4, 0.5) is 8.78 Å². The van der Waals surface area contributed by atoms with Gasteiger partial charge in [-0.3, -0.25) is 9.78 Å². The van der Waals surface area contributed by atoms with Gasteiger partial charge in [-0.2, -0.15) is 8.78 Å². The van der Waals surface area contributed by atoms with Gasteiger partial charge in [0.2, 0.25) is 0 Å². The highest BCUT2D eigenvalue weighted by atomic mass is 19.3. The molecular formula is C16H15F2N3O2. The van der Waals surface area contributed by atoms with Crippen LogP contribution in [0.2, 0.25) is 0 Å². The van der Waals surface area contributed by atoms with Crippen LogP contribution in [-0.4, -0.2) is 40.5 Å². The molecule has 0 spiro atoms. The minimum Gasteiger partial charge on any atom is -0.433 e. The first kappa shape index (κ1) is 15.3. The van der Waals surface area contributed by atoms with Crippen LogP contribution in [0, 0.1) is 0 Å². The minimum atomic E-state index is -2.91. The van der Waals surface area contributed by atoms with Crippen molar-refractivity contribution in [2.75, 3.05) is 13.1 Å². The Balaban J connectivity index is 1.65. The molecule has 2 aromatic rings. The van der Waals surface area contributed by atoms with Crippen molar-refractivity contribution in [1.29, 1.82) is 0 Å². The summed E-state index contributed by atoms with van der Waals surface area (Å²) in [6, 6.07) is 8.45. The van der Waals surface area contributed by atoms with E-state index in [9.17, 15) is 13.6 Å². The maximum absolute atomic E-state index is 12.4. The van der Waals surface area contributed by atoms with Gasteiger partial charge in [-0.1, -0.05) is 6.07 Å². The van der Waals surface area contributed by atoms with Crippen molar-refractivity contribution in [3.63, 3.8) is 0 Å². The van der Waals surface area contributed by atoms with Gasteiger partial charge in [-0.05, 0) is 30.7 Å². The number of carbonyl (C=O) groups is 1. The number of ether oxygens (including phenoxy) is 1. The SMILES string of the molecule is O=C(c1ccc(OC(F)F)cn1)N1CCC(c2ccccn2)C1. The molecule has 3 heterocycles. The summed E-state index contributed by atoms with van der Waals surface area (Å²) in [5, 5.41) is 0. The van der Waals surface area contributed by atoms with E-state index >= 15 is 0 Å². The minimum absolute atomic E-state index is 0.0654. The molecule has 1 saturated heterocycles. The first-order valence-electron chi connectivity index (χ1n) is 7.24. The summed E-state index contributed by atoms with van der Waals surface area (Å²) >= 11 is 0. The average molecular weight is 319 g/mol. The number of hydrogen-bond acceptors (Lipinski definition) is 4. The van der Waals surface area contributed by atoms with Gasteiger partial charge in [-0.15, -0.1) is 0 Å². The lowest BCUT2D eigenvalue weighted by Gasteiger charge is -2.16. The number of rotatable bonds is 4. The van der Waals surface area contributed by atoms with Crippen LogP contribution in [0.15, 0.2) is 42.7 Å². The van der Waals surface area contributed by atoms with Gasteiger partial charge >= 0.3 is 6.61 Å². The molecule has 1 aliphatic heterocycles. The lowest BCUT2D eigenvalue weighted by atomic mass is 10.0. The normalized spacial score (nSPS) is 17.5. The summed E-state index contributed by atoms with van der Waals surface area (Å²) in [5.41, 5.74) is 1.18. The van der Waals surface area contributed by atoms with Crippen molar-refractivity contribution in [2.45, 2.75) is 19.0 Å². The number of halogens is 2. The van der Waals surface area contributed by atoms with Crippen molar-refractivity contribution in [1.82, 2.24) is 14.9 Å². The molecule has 1 fully saturated rings. The van der Waals surface area contributed by atoms with Gasteiger partial charge in [0.1, 0.15) is 11.4 Å². The van der Waals surface area contributed by atoms with Crippen LogP contribution in [0.3, 0.4) is 0 Å². The predicted octanol–water partition coefficient (Wildman–Crippen LogP) is 2.71. The summed E-state index contributed by atoms with van der Waals surface area (Å²) < 4.78 is 28.4. The first-order valence-corrected chi connectivity index (χ1v) is 7.24. The average Bonchev–Trinajstić information content (AvgIpc) is 3.05. The van der Waals surface area contributed by atoms with Gasteiger partial charge in [-0.25, -0.2) is 4.98 Å². The van der Waals surface area contributed by atoms with Gasteiger partial charge in [0.15, 0.2) is 0 Å². The number of nitrogens with zero attached hydrogens (tertiary/aromatic N) is 3. The van der Waals surface area contributed by atoms with Gasteiger partial charge in [0, 0.05) is 30.9 Å². The van der Waals surface area contributed by atoms with Gasteiger partial charge < -0.3 is 9.64 Å². The van der Waals surface area contributed by atoms with Crippen LogP contribution >= 0.6 is 0 Å². The molecule has 23 heavy (non-hydrogen) atoms. The van der Waals surface area contributed by atoms with E-state index in [-0.39, 0.29) is 23.3 Å². The second kappa shape index (κ2) is 6.68. The van der Waals surface area contributed by atoms with Crippen LogP contribution in [0.25, 0.3) is 0 Å². The zero-order valence-corrected chi connectivity index (χ0v) is 12.2. The second-order valence-corrected chi connectivity index (χ2v) is 5.25. The molecule has 0 bridgehead atoms. The third-order valence-electron chi connectivity index (χ3n) is 3.76. The Morgan fingerprint density at radius 1 is 1.26 bits per heavy atom. The van der Waals surface area contributed by atoms with Crippen LogP contribution in [0.5, 0.6) is 5.75 Å². The number of pyridine rings is 2. The third-order valence-corrected chi connectivity index (χ3v) is 3.76. The number of carbonyl (C=O) groups excluding carboxylic acids is 1. The van der Waals surface area contributed by atoms with E-state index in [2.05, 4.69) is 14.7 Å². The Bertz CT molecular complexity index is 665. The Morgan fingerprint density at radius 3 is 2.78 bits per heavy atom. The smallest absolute Gasteiger partial charge is 0.387 e. The molecule has 0 aliphatic carbocycles. The quantitative estimate of drug-likeness (QED) is 0.869. The summed E-state index contributed by atoms with van der Waals surface area (Å²) in [7, 11) is 0. The maximum Gasteiger partial charge on any atom is 0.387 e. The molecule has 0 aromatic carbocycles. The lowest BCUT2D eigenvalue weighted by Crippen LogP contribution is -2.29. The standard InChI is InChI=1S/C16H15F2N3O2/c17-16(18)23-12-4-5-14(20-9-12)15(22)21-8-6-11(10-21)13-3-1-2-7-19-13/h1-5,7,9,11,16H,6,8,10H2. The van der Waals surface area contributed by atoms with Crippen LogP contribution in [0.1, 0.15) is 28.5 Å².